The summed E-state index contributed by atoms with van der Waals surface area (Å²) in [5, 5.41) is 4.18. The zero-order chi connectivity index (χ0) is 17.4. The van der Waals surface area contributed by atoms with E-state index in [1.54, 1.807) is 0 Å². The van der Waals surface area contributed by atoms with Crippen molar-refractivity contribution in [3.05, 3.63) is 35.1 Å². The van der Waals surface area contributed by atoms with Gasteiger partial charge in [-0.3, -0.25) is 4.79 Å². The number of nitrogens with zero attached hydrogens (tertiary/aromatic N) is 1. The van der Waals surface area contributed by atoms with Crippen molar-refractivity contribution in [2.75, 3.05) is 26.2 Å². The molecule has 1 N–H and O–H groups in total. The van der Waals surface area contributed by atoms with E-state index in [4.69, 9.17) is 4.42 Å². The lowest BCUT2D eigenvalue weighted by atomic mass is 10.0. The van der Waals surface area contributed by atoms with E-state index < -0.39 is 0 Å². The van der Waals surface area contributed by atoms with Crippen LogP contribution in [-0.2, 0) is 0 Å². The highest BCUT2D eigenvalue weighted by atomic mass is 16.3. The minimum atomic E-state index is -0.0729. The Balaban J connectivity index is 1.41. The van der Waals surface area contributed by atoms with Gasteiger partial charge in [-0.25, -0.2) is 0 Å². The lowest BCUT2D eigenvalue weighted by molar-refractivity contribution is 0.0909. The molecule has 0 spiro atoms. The maximum Gasteiger partial charge on any atom is 0.287 e. The van der Waals surface area contributed by atoms with Crippen LogP contribution in [0.5, 0.6) is 0 Å². The third kappa shape index (κ3) is 3.45. The number of hydrogen-bond acceptors (Lipinski definition) is 3. The first-order valence-electron chi connectivity index (χ1n) is 9.57. The molecule has 0 atom stereocenters. The maximum atomic E-state index is 12.7. The van der Waals surface area contributed by atoms with Crippen molar-refractivity contribution >= 4 is 16.9 Å². The van der Waals surface area contributed by atoms with E-state index in [0.29, 0.717) is 11.2 Å². The molecule has 1 amide bonds. The Labute approximate surface area is 149 Å². The number of fused-ring (bicyclic) bond motifs is 1. The van der Waals surface area contributed by atoms with Crippen molar-refractivity contribution in [1.82, 2.24) is 10.2 Å². The van der Waals surface area contributed by atoms with Crippen LogP contribution in [0.1, 0.15) is 53.8 Å². The third-order valence-corrected chi connectivity index (χ3v) is 5.89. The SMILES string of the molecule is Cc1ccc2c(C)c(C(=O)NCC3(CN4CCCCC4)CC3)oc2c1. The summed E-state index contributed by atoms with van der Waals surface area (Å²) >= 11 is 0. The van der Waals surface area contributed by atoms with Crippen LogP contribution in [0.25, 0.3) is 11.0 Å². The summed E-state index contributed by atoms with van der Waals surface area (Å²) in [6.45, 7) is 8.34. The van der Waals surface area contributed by atoms with E-state index in [1.807, 2.05) is 26.0 Å². The van der Waals surface area contributed by atoms with Crippen LogP contribution in [0.15, 0.2) is 22.6 Å². The molecule has 0 radical (unpaired) electrons. The van der Waals surface area contributed by atoms with E-state index in [1.165, 1.54) is 45.2 Å². The number of benzene rings is 1. The average molecular weight is 340 g/mol. The molecular weight excluding hydrogens is 312 g/mol. The standard InChI is InChI=1S/C21H28N2O2/c1-15-6-7-17-16(2)19(25-18(17)12-15)20(24)22-13-21(8-9-21)14-23-10-4-3-5-11-23/h6-7,12H,3-5,8-11,13-14H2,1-2H3,(H,22,24). The van der Waals surface area contributed by atoms with Crippen LogP contribution in [0, 0.1) is 19.3 Å². The van der Waals surface area contributed by atoms with Gasteiger partial charge >= 0.3 is 0 Å². The van der Waals surface area contributed by atoms with Crippen molar-refractivity contribution in [2.45, 2.75) is 46.0 Å². The maximum absolute atomic E-state index is 12.7. The molecule has 1 aliphatic carbocycles. The number of aryl methyl sites for hydroxylation is 2. The molecule has 2 aromatic rings. The molecule has 25 heavy (non-hydrogen) atoms. The fraction of sp³-hybridized carbons (Fsp3) is 0.571. The number of nitrogens with one attached hydrogen (secondary N) is 1. The average Bonchev–Trinajstić information content (AvgIpc) is 3.30. The zero-order valence-electron chi connectivity index (χ0n) is 15.4. The van der Waals surface area contributed by atoms with Crippen molar-refractivity contribution in [3.63, 3.8) is 0 Å². The molecule has 1 saturated carbocycles. The summed E-state index contributed by atoms with van der Waals surface area (Å²) in [4.78, 5) is 15.2. The molecule has 4 rings (SSSR count). The van der Waals surface area contributed by atoms with Gasteiger partial charge in [0.1, 0.15) is 5.58 Å². The minimum Gasteiger partial charge on any atom is -0.451 e. The molecule has 2 aliphatic rings. The molecule has 1 aromatic carbocycles. The summed E-state index contributed by atoms with van der Waals surface area (Å²) < 4.78 is 5.85. The van der Waals surface area contributed by atoms with Crippen molar-refractivity contribution in [3.8, 4) is 0 Å². The predicted molar refractivity (Wildman–Crippen MR) is 100.0 cm³/mol. The number of hydrogen-bond donors (Lipinski definition) is 1. The van der Waals surface area contributed by atoms with Crippen molar-refractivity contribution < 1.29 is 9.21 Å². The Bertz CT molecular complexity index is 783. The van der Waals surface area contributed by atoms with E-state index in [0.717, 1.165) is 35.2 Å². The normalized spacial score (nSPS) is 19.9. The smallest absolute Gasteiger partial charge is 0.287 e. The lowest BCUT2D eigenvalue weighted by Crippen LogP contribution is -2.40. The molecule has 2 fully saturated rings. The number of likely N-dealkylation sites (tertiary alicyclic amines) is 1. The summed E-state index contributed by atoms with van der Waals surface area (Å²) in [5.41, 5.74) is 3.18. The van der Waals surface area contributed by atoms with Gasteiger partial charge in [0.15, 0.2) is 5.76 Å². The van der Waals surface area contributed by atoms with Crippen LogP contribution >= 0.6 is 0 Å². The van der Waals surface area contributed by atoms with Gasteiger partial charge in [-0.05, 0) is 64.3 Å². The highest BCUT2D eigenvalue weighted by Gasteiger charge is 2.44. The topological polar surface area (TPSA) is 45.5 Å². The van der Waals surface area contributed by atoms with Gasteiger partial charge in [0, 0.05) is 29.5 Å². The third-order valence-electron chi connectivity index (χ3n) is 5.89. The summed E-state index contributed by atoms with van der Waals surface area (Å²) in [5.74, 6) is 0.394. The van der Waals surface area contributed by atoms with Crippen LogP contribution in [-0.4, -0.2) is 37.0 Å². The number of piperidine rings is 1. The Morgan fingerprint density at radius 2 is 1.96 bits per heavy atom. The molecule has 1 aliphatic heterocycles. The molecule has 2 heterocycles. The molecule has 0 bridgehead atoms. The number of amides is 1. The largest absolute Gasteiger partial charge is 0.451 e. The second-order valence-electron chi connectivity index (χ2n) is 8.08. The summed E-state index contributed by atoms with van der Waals surface area (Å²) in [7, 11) is 0. The molecule has 1 saturated heterocycles. The van der Waals surface area contributed by atoms with Gasteiger partial charge in [-0.2, -0.15) is 0 Å². The molecular formula is C21H28N2O2. The highest BCUT2D eigenvalue weighted by molar-refractivity contribution is 5.99. The monoisotopic (exact) mass is 340 g/mol. The first kappa shape index (κ1) is 16.6. The first-order chi connectivity index (χ1) is 12.1. The highest BCUT2D eigenvalue weighted by Crippen LogP contribution is 2.46. The first-order valence-corrected chi connectivity index (χ1v) is 9.57. The predicted octanol–water partition coefficient (Wildman–Crippen LogP) is 4.05. The Morgan fingerprint density at radius 1 is 1.20 bits per heavy atom. The number of carbonyl (C=O) groups excluding carboxylic acids is 1. The second kappa shape index (κ2) is 6.49. The number of carbonyl (C=O) groups is 1. The van der Waals surface area contributed by atoms with Gasteiger partial charge in [0.2, 0.25) is 0 Å². The molecule has 134 valence electrons. The van der Waals surface area contributed by atoms with Crippen LogP contribution in [0.2, 0.25) is 0 Å². The molecule has 0 unspecified atom stereocenters. The van der Waals surface area contributed by atoms with E-state index in [2.05, 4.69) is 16.3 Å². The summed E-state index contributed by atoms with van der Waals surface area (Å²) in [6, 6.07) is 6.10. The number of furan rings is 1. The van der Waals surface area contributed by atoms with Gasteiger partial charge in [-0.15, -0.1) is 0 Å². The fourth-order valence-corrected chi connectivity index (χ4v) is 4.06. The van der Waals surface area contributed by atoms with Crippen molar-refractivity contribution in [2.24, 2.45) is 5.41 Å². The lowest BCUT2D eigenvalue weighted by Gasteiger charge is -2.30. The quantitative estimate of drug-likeness (QED) is 0.893. The Kier molecular flexibility index (Phi) is 4.32. The van der Waals surface area contributed by atoms with Gasteiger partial charge in [0.05, 0.1) is 0 Å². The molecule has 4 nitrogen and oxygen atoms in total. The summed E-state index contributed by atoms with van der Waals surface area (Å²) in [6.07, 6.45) is 6.45. The van der Waals surface area contributed by atoms with E-state index >= 15 is 0 Å². The van der Waals surface area contributed by atoms with Gasteiger partial charge < -0.3 is 14.6 Å². The minimum absolute atomic E-state index is 0.0729. The van der Waals surface area contributed by atoms with Crippen LogP contribution in [0.3, 0.4) is 0 Å². The van der Waals surface area contributed by atoms with Crippen LogP contribution in [0.4, 0.5) is 0 Å². The van der Waals surface area contributed by atoms with E-state index in [9.17, 15) is 4.79 Å². The number of rotatable bonds is 5. The Hall–Kier alpha value is -1.81. The molecule has 4 heteroatoms. The Morgan fingerprint density at radius 3 is 2.68 bits per heavy atom. The fourth-order valence-electron chi connectivity index (χ4n) is 4.06. The second-order valence-corrected chi connectivity index (χ2v) is 8.08. The van der Waals surface area contributed by atoms with E-state index in [-0.39, 0.29) is 5.91 Å². The van der Waals surface area contributed by atoms with Crippen LogP contribution < -0.4 is 5.32 Å². The van der Waals surface area contributed by atoms with Gasteiger partial charge in [-0.1, -0.05) is 18.6 Å². The van der Waals surface area contributed by atoms with Gasteiger partial charge in [0.25, 0.3) is 5.91 Å². The van der Waals surface area contributed by atoms with Crippen molar-refractivity contribution in [1.29, 1.82) is 0 Å². The molecule has 1 aromatic heterocycles. The zero-order valence-corrected chi connectivity index (χ0v) is 15.4.